The molecule has 20 heavy (non-hydrogen) atoms. The molecule has 0 saturated carbocycles. The van der Waals surface area contributed by atoms with E-state index in [0.29, 0.717) is 17.3 Å². The molecule has 2 aromatic rings. The number of benzene rings is 1. The maximum absolute atomic E-state index is 11.3. The molecule has 0 fully saturated rings. The second-order valence-corrected chi connectivity index (χ2v) is 5.16. The Hall–Kier alpha value is -1.92. The van der Waals surface area contributed by atoms with E-state index in [1.54, 1.807) is 5.38 Å². The number of nitrogen functional groups attached to an aromatic ring is 1. The maximum atomic E-state index is 11.3. The van der Waals surface area contributed by atoms with Crippen molar-refractivity contribution >= 4 is 17.2 Å². The standard InChI is InChI=1S/C14H17N3O2S/c1-2-3-10-4-6-12(7-5-10)19-8-11-9-20-14(16-11)13(18)17-15/h4-7,9H,2-3,8,15H2,1H3,(H,17,18). The fourth-order valence-corrected chi connectivity index (χ4v) is 2.44. The lowest BCUT2D eigenvalue weighted by atomic mass is 10.1. The third-order valence-corrected chi connectivity index (χ3v) is 3.62. The predicted octanol–water partition coefficient (Wildman–Crippen LogP) is 2.28. The highest BCUT2D eigenvalue weighted by Gasteiger charge is 2.09. The minimum atomic E-state index is -0.384. The number of thiazole rings is 1. The summed E-state index contributed by atoms with van der Waals surface area (Å²) in [6.07, 6.45) is 2.20. The minimum Gasteiger partial charge on any atom is -0.487 e. The van der Waals surface area contributed by atoms with Crippen molar-refractivity contribution in [2.75, 3.05) is 0 Å². The van der Waals surface area contributed by atoms with E-state index >= 15 is 0 Å². The van der Waals surface area contributed by atoms with Gasteiger partial charge in [-0.05, 0) is 24.1 Å². The summed E-state index contributed by atoms with van der Waals surface area (Å²) in [6.45, 7) is 2.49. The topological polar surface area (TPSA) is 77.2 Å². The lowest BCUT2D eigenvalue weighted by Crippen LogP contribution is -2.29. The Morgan fingerprint density at radius 1 is 1.40 bits per heavy atom. The van der Waals surface area contributed by atoms with Crippen LogP contribution in [-0.2, 0) is 13.0 Å². The number of hydrogen-bond acceptors (Lipinski definition) is 5. The van der Waals surface area contributed by atoms with Crippen LogP contribution in [0.3, 0.4) is 0 Å². The van der Waals surface area contributed by atoms with Crippen molar-refractivity contribution in [2.24, 2.45) is 5.84 Å². The number of carbonyl (C=O) groups excluding carboxylic acids is 1. The van der Waals surface area contributed by atoms with Gasteiger partial charge in [0.15, 0.2) is 5.01 Å². The van der Waals surface area contributed by atoms with Crippen LogP contribution >= 0.6 is 11.3 Å². The normalized spacial score (nSPS) is 10.3. The van der Waals surface area contributed by atoms with Gasteiger partial charge in [0.2, 0.25) is 0 Å². The smallest absolute Gasteiger partial charge is 0.294 e. The summed E-state index contributed by atoms with van der Waals surface area (Å²) in [5.41, 5.74) is 4.07. The molecular formula is C14H17N3O2S. The van der Waals surface area contributed by atoms with Crippen LogP contribution < -0.4 is 16.0 Å². The zero-order valence-electron chi connectivity index (χ0n) is 11.3. The highest BCUT2D eigenvalue weighted by atomic mass is 32.1. The summed E-state index contributed by atoms with van der Waals surface area (Å²) < 4.78 is 5.63. The predicted molar refractivity (Wildman–Crippen MR) is 78.5 cm³/mol. The third-order valence-electron chi connectivity index (χ3n) is 2.73. The highest BCUT2D eigenvalue weighted by Crippen LogP contribution is 2.16. The van der Waals surface area contributed by atoms with E-state index < -0.39 is 0 Å². The van der Waals surface area contributed by atoms with Crippen LogP contribution in [0.2, 0.25) is 0 Å². The van der Waals surface area contributed by atoms with E-state index in [1.165, 1.54) is 16.9 Å². The van der Waals surface area contributed by atoms with Crippen LogP contribution in [0.5, 0.6) is 5.75 Å². The number of hydrogen-bond donors (Lipinski definition) is 2. The third kappa shape index (κ3) is 3.79. The van der Waals surface area contributed by atoms with Crippen molar-refractivity contribution in [3.05, 3.63) is 45.9 Å². The van der Waals surface area contributed by atoms with Gasteiger partial charge in [-0.25, -0.2) is 10.8 Å². The molecule has 0 bridgehead atoms. The second-order valence-electron chi connectivity index (χ2n) is 4.30. The molecular weight excluding hydrogens is 274 g/mol. The number of amides is 1. The average molecular weight is 291 g/mol. The van der Waals surface area contributed by atoms with E-state index in [-0.39, 0.29) is 5.91 Å². The van der Waals surface area contributed by atoms with Crippen LogP contribution in [-0.4, -0.2) is 10.9 Å². The number of nitrogens with two attached hydrogens (primary N) is 1. The van der Waals surface area contributed by atoms with Gasteiger partial charge in [0.05, 0.1) is 5.69 Å². The van der Waals surface area contributed by atoms with Gasteiger partial charge in [0.1, 0.15) is 12.4 Å². The Morgan fingerprint density at radius 3 is 2.80 bits per heavy atom. The first-order chi connectivity index (χ1) is 9.72. The fraction of sp³-hybridized carbons (Fsp3) is 0.286. The molecule has 0 spiro atoms. The molecule has 0 aliphatic carbocycles. The molecule has 0 saturated heterocycles. The first-order valence-corrected chi connectivity index (χ1v) is 7.28. The van der Waals surface area contributed by atoms with Gasteiger partial charge in [-0.2, -0.15) is 0 Å². The molecule has 1 heterocycles. The van der Waals surface area contributed by atoms with Crippen LogP contribution in [0.1, 0.15) is 34.4 Å². The van der Waals surface area contributed by atoms with Crippen molar-refractivity contribution in [3.63, 3.8) is 0 Å². The molecule has 0 radical (unpaired) electrons. The fourth-order valence-electron chi connectivity index (χ4n) is 1.74. The van der Waals surface area contributed by atoms with Crippen molar-refractivity contribution in [3.8, 4) is 5.75 Å². The van der Waals surface area contributed by atoms with Gasteiger partial charge >= 0.3 is 0 Å². The first-order valence-electron chi connectivity index (χ1n) is 6.40. The Morgan fingerprint density at radius 2 is 2.15 bits per heavy atom. The average Bonchev–Trinajstić information content (AvgIpc) is 2.95. The van der Waals surface area contributed by atoms with Crippen LogP contribution in [0, 0.1) is 0 Å². The molecule has 0 unspecified atom stereocenters. The number of carbonyl (C=O) groups is 1. The summed E-state index contributed by atoms with van der Waals surface area (Å²) >= 11 is 1.24. The number of nitrogens with one attached hydrogen (secondary N) is 1. The molecule has 1 amide bonds. The lowest BCUT2D eigenvalue weighted by molar-refractivity contribution is 0.0953. The van der Waals surface area contributed by atoms with E-state index in [2.05, 4.69) is 29.5 Å². The molecule has 0 atom stereocenters. The quantitative estimate of drug-likeness (QED) is 0.486. The number of rotatable bonds is 6. The van der Waals surface area contributed by atoms with Crippen LogP contribution in [0.4, 0.5) is 0 Å². The van der Waals surface area contributed by atoms with E-state index in [0.717, 1.165) is 18.6 Å². The highest BCUT2D eigenvalue weighted by molar-refractivity contribution is 7.11. The summed E-state index contributed by atoms with van der Waals surface area (Å²) in [5, 5.41) is 2.13. The van der Waals surface area contributed by atoms with Gasteiger partial charge in [0.25, 0.3) is 5.91 Å². The Kier molecular flexibility index (Phi) is 5.09. The van der Waals surface area contributed by atoms with E-state index in [9.17, 15) is 4.79 Å². The van der Waals surface area contributed by atoms with Gasteiger partial charge in [0, 0.05) is 5.38 Å². The Labute approximate surface area is 121 Å². The van der Waals surface area contributed by atoms with Crippen LogP contribution in [0.15, 0.2) is 29.6 Å². The van der Waals surface area contributed by atoms with Gasteiger partial charge < -0.3 is 4.74 Å². The summed E-state index contributed by atoms with van der Waals surface area (Å²) in [7, 11) is 0. The Bertz CT molecular complexity index is 566. The minimum absolute atomic E-state index is 0.335. The van der Waals surface area contributed by atoms with E-state index in [1.807, 2.05) is 12.1 Å². The number of aryl methyl sites for hydroxylation is 1. The SMILES string of the molecule is CCCc1ccc(OCc2csc(C(=O)NN)n2)cc1. The van der Waals surface area contributed by atoms with Crippen LogP contribution in [0.25, 0.3) is 0 Å². The molecule has 1 aromatic carbocycles. The number of hydrazine groups is 1. The molecule has 0 aliphatic heterocycles. The summed E-state index contributed by atoms with van der Waals surface area (Å²) in [5.74, 6) is 5.46. The zero-order chi connectivity index (χ0) is 14.4. The van der Waals surface area contributed by atoms with E-state index in [4.69, 9.17) is 10.6 Å². The monoisotopic (exact) mass is 291 g/mol. The van der Waals surface area contributed by atoms with Gasteiger partial charge in [-0.3, -0.25) is 10.2 Å². The van der Waals surface area contributed by atoms with Gasteiger partial charge in [-0.1, -0.05) is 25.5 Å². The van der Waals surface area contributed by atoms with Crippen molar-refractivity contribution in [1.29, 1.82) is 0 Å². The molecule has 5 nitrogen and oxygen atoms in total. The molecule has 0 aliphatic rings. The number of ether oxygens (including phenoxy) is 1. The second kappa shape index (κ2) is 7.02. The first kappa shape index (κ1) is 14.5. The molecule has 6 heteroatoms. The molecule has 106 valence electrons. The van der Waals surface area contributed by atoms with Crippen molar-refractivity contribution < 1.29 is 9.53 Å². The molecule has 3 N–H and O–H groups in total. The molecule has 1 aromatic heterocycles. The lowest BCUT2D eigenvalue weighted by Gasteiger charge is -2.05. The largest absolute Gasteiger partial charge is 0.487 e. The van der Waals surface area contributed by atoms with Crippen molar-refractivity contribution in [1.82, 2.24) is 10.4 Å². The summed E-state index contributed by atoms with van der Waals surface area (Å²) in [6, 6.07) is 8.02. The Balaban J connectivity index is 1.91. The summed E-state index contributed by atoms with van der Waals surface area (Å²) in [4.78, 5) is 15.4. The number of aromatic nitrogens is 1. The van der Waals surface area contributed by atoms with Gasteiger partial charge in [-0.15, -0.1) is 11.3 Å². The van der Waals surface area contributed by atoms with Crippen molar-refractivity contribution in [2.45, 2.75) is 26.4 Å². The zero-order valence-corrected chi connectivity index (χ0v) is 12.1. The molecule has 2 rings (SSSR count). The maximum Gasteiger partial charge on any atom is 0.294 e. The number of nitrogens with zero attached hydrogens (tertiary/aromatic N) is 1.